The molecule has 1 atom stereocenters. The van der Waals surface area contributed by atoms with Gasteiger partial charge in [-0.2, -0.15) is 9.47 Å². The van der Waals surface area contributed by atoms with Crippen LogP contribution in [0.15, 0.2) is 43.1 Å². The highest BCUT2D eigenvalue weighted by Crippen LogP contribution is 2.58. The molecule has 0 fully saturated rings. The van der Waals surface area contributed by atoms with Crippen molar-refractivity contribution in [1.29, 1.82) is 0 Å². The summed E-state index contributed by atoms with van der Waals surface area (Å²) in [4.78, 5) is 4.85. The van der Waals surface area contributed by atoms with Gasteiger partial charge < -0.3 is 0 Å². The summed E-state index contributed by atoms with van der Waals surface area (Å²) < 4.78 is 3.03. The van der Waals surface area contributed by atoms with Crippen LogP contribution in [0.5, 0.6) is 0 Å². The normalized spacial score (nSPS) is 22.9. The number of rotatable bonds is 3. The van der Waals surface area contributed by atoms with Gasteiger partial charge in [-0.1, -0.05) is 33.4 Å². The van der Waals surface area contributed by atoms with E-state index in [0.29, 0.717) is 4.48 Å². The van der Waals surface area contributed by atoms with Gasteiger partial charge in [0.15, 0.2) is 5.69 Å². The first-order valence-electron chi connectivity index (χ1n) is 9.72. The Labute approximate surface area is 156 Å². The first kappa shape index (κ1) is 17.2. The number of aryl methyl sites for hydroxylation is 1. The van der Waals surface area contributed by atoms with Crippen molar-refractivity contribution in [3.05, 3.63) is 54.2 Å². The van der Waals surface area contributed by atoms with Crippen molar-refractivity contribution in [2.75, 3.05) is 14.1 Å². The first-order valence-corrected chi connectivity index (χ1v) is 9.72. The Morgan fingerprint density at radius 2 is 1.88 bits per heavy atom. The maximum atomic E-state index is 4.85. The Bertz CT molecular complexity index is 950. The molecule has 0 aliphatic carbocycles. The molecular weight excluding hydrogens is 318 g/mol. The molecule has 0 bridgehead atoms. The number of hydrogen-bond donors (Lipinski definition) is 0. The van der Waals surface area contributed by atoms with Gasteiger partial charge in [-0.05, 0) is 42.5 Å². The standard InChI is InChI=1S/C23H29N3/c1-7-17-12-13-20-18(15-17)16(4)23(8-2,9-3)22-25(5)19-11-10-14-24-21(19)26(20,22)6/h10-15H,4,7-9H2,1-3,5-6H3/q+2. The van der Waals surface area contributed by atoms with E-state index in [0.717, 1.165) is 25.1 Å². The molecule has 0 radical (unpaired) electrons. The van der Waals surface area contributed by atoms with Crippen LogP contribution >= 0.6 is 0 Å². The van der Waals surface area contributed by atoms with Gasteiger partial charge in [0, 0.05) is 23.9 Å². The number of nitrogens with zero attached hydrogens (tertiary/aromatic N) is 3. The van der Waals surface area contributed by atoms with E-state index < -0.39 is 0 Å². The van der Waals surface area contributed by atoms with Gasteiger partial charge in [0.1, 0.15) is 12.5 Å². The minimum atomic E-state index is -0.0520. The van der Waals surface area contributed by atoms with Crippen LogP contribution < -0.4 is 4.48 Å². The average molecular weight is 348 g/mol. The van der Waals surface area contributed by atoms with Crippen LogP contribution in [0.1, 0.15) is 44.7 Å². The van der Waals surface area contributed by atoms with Gasteiger partial charge >= 0.3 is 11.7 Å². The van der Waals surface area contributed by atoms with E-state index in [2.05, 4.69) is 70.3 Å². The molecule has 2 aromatic rings. The lowest BCUT2D eigenvalue weighted by molar-refractivity contribution is -0.407. The Hall–Kier alpha value is -2.26. The number of pyridine rings is 1. The summed E-state index contributed by atoms with van der Waals surface area (Å²) in [6.07, 6.45) is 5.04. The van der Waals surface area contributed by atoms with Crippen LogP contribution in [-0.2, 0) is 6.42 Å². The highest BCUT2D eigenvalue weighted by molar-refractivity contribution is 6.14. The predicted octanol–water partition coefficient (Wildman–Crippen LogP) is 5.43. The molecule has 0 saturated heterocycles. The van der Waals surface area contributed by atoms with Crippen LogP contribution in [0.2, 0.25) is 0 Å². The fraction of sp³-hybridized carbons (Fsp3) is 0.391. The van der Waals surface area contributed by atoms with Crippen LogP contribution in [-0.4, -0.2) is 29.5 Å². The third-order valence-electron chi connectivity index (χ3n) is 6.78. The van der Waals surface area contributed by atoms with Crippen molar-refractivity contribution in [3.63, 3.8) is 0 Å². The topological polar surface area (TPSA) is 15.9 Å². The van der Waals surface area contributed by atoms with Gasteiger partial charge in [0.05, 0.1) is 7.05 Å². The SMILES string of the molecule is C=C1c2cc(CC)ccc2[N+]2(C)C(=[N+](C)c3cccnc32)C1(CC)CC. The molecule has 2 aliphatic rings. The summed E-state index contributed by atoms with van der Waals surface area (Å²) in [5.41, 5.74) is 6.39. The fourth-order valence-electron chi connectivity index (χ4n) is 5.31. The number of amidine groups is 1. The van der Waals surface area contributed by atoms with E-state index in [1.165, 1.54) is 33.9 Å². The minimum absolute atomic E-state index is 0.0520. The van der Waals surface area contributed by atoms with Crippen LogP contribution in [0.3, 0.4) is 0 Å². The quantitative estimate of drug-likeness (QED) is 0.534. The molecule has 0 amide bonds. The maximum absolute atomic E-state index is 4.85. The smallest absolute Gasteiger partial charge is 0.198 e. The Kier molecular flexibility index (Phi) is 3.71. The second-order valence-corrected chi connectivity index (χ2v) is 7.71. The lowest BCUT2D eigenvalue weighted by Crippen LogP contribution is -2.57. The molecule has 134 valence electrons. The zero-order valence-corrected chi connectivity index (χ0v) is 16.6. The predicted molar refractivity (Wildman–Crippen MR) is 110 cm³/mol. The van der Waals surface area contributed by atoms with Crippen molar-refractivity contribution >= 4 is 28.6 Å². The van der Waals surface area contributed by atoms with Gasteiger partial charge in [-0.3, -0.25) is 0 Å². The lowest BCUT2D eigenvalue weighted by Gasteiger charge is -2.42. The van der Waals surface area contributed by atoms with Crippen molar-refractivity contribution in [2.24, 2.45) is 5.41 Å². The molecule has 26 heavy (non-hydrogen) atoms. The number of fused-ring (bicyclic) bond motifs is 5. The molecular formula is C23H29N3+2. The summed E-state index contributed by atoms with van der Waals surface area (Å²) in [5, 5.41) is 0. The first-order chi connectivity index (χ1) is 12.5. The summed E-state index contributed by atoms with van der Waals surface area (Å²) in [5.74, 6) is 2.51. The van der Waals surface area contributed by atoms with Crippen molar-refractivity contribution in [2.45, 2.75) is 40.0 Å². The molecule has 0 spiro atoms. The highest BCUT2D eigenvalue weighted by atomic mass is 15.5. The molecule has 0 N–H and O–H groups in total. The highest BCUT2D eigenvalue weighted by Gasteiger charge is 2.65. The summed E-state index contributed by atoms with van der Waals surface area (Å²) in [6.45, 7) is 11.4. The van der Waals surface area contributed by atoms with Gasteiger partial charge in [-0.25, -0.2) is 0 Å². The van der Waals surface area contributed by atoms with Crippen molar-refractivity contribution in [1.82, 2.24) is 9.47 Å². The van der Waals surface area contributed by atoms with E-state index in [9.17, 15) is 0 Å². The lowest BCUT2D eigenvalue weighted by atomic mass is 9.68. The summed E-state index contributed by atoms with van der Waals surface area (Å²) >= 11 is 0. The molecule has 3 nitrogen and oxygen atoms in total. The molecule has 1 unspecified atom stereocenters. The molecule has 3 heteroatoms. The van der Waals surface area contributed by atoms with Crippen molar-refractivity contribution < 1.29 is 4.58 Å². The summed E-state index contributed by atoms with van der Waals surface area (Å²) in [6, 6.07) is 11.1. The molecule has 1 aromatic heterocycles. The fourth-order valence-corrected chi connectivity index (χ4v) is 5.31. The number of hydrogen-bond acceptors (Lipinski definition) is 1. The zero-order valence-electron chi connectivity index (χ0n) is 16.6. The van der Waals surface area contributed by atoms with E-state index in [4.69, 9.17) is 4.98 Å². The van der Waals surface area contributed by atoms with Crippen molar-refractivity contribution in [3.8, 4) is 0 Å². The number of aromatic nitrogens is 1. The van der Waals surface area contributed by atoms with E-state index in [-0.39, 0.29) is 5.41 Å². The minimum Gasteiger partial charge on any atom is -0.198 e. The van der Waals surface area contributed by atoms with Crippen LogP contribution in [0, 0.1) is 5.41 Å². The van der Waals surface area contributed by atoms with Gasteiger partial charge in [0.2, 0.25) is 0 Å². The Balaban J connectivity index is 2.16. The third kappa shape index (κ3) is 1.82. The average Bonchev–Trinajstić information content (AvgIpc) is 2.92. The van der Waals surface area contributed by atoms with Crippen LogP contribution in [0.4, 0.5) is 17.2 Å². The number of quaternary nitrogens is 1. The molecule has 4 rings (SSSR count). The molecule has 1 aromatic carbocycles. The number of benzene rings is 1. The summed E-state index contributed by atoms with van der Waals surface area (Å²) in [7, 11) is 4.50. The zero-order chi connectivity index (χ0) is 18.7. The van der Waals surface area contributed by atoms with Gasteiger partial charge in [-0.15, -0.1) is 4.58 Å². The Morgan fingerprint density at radius 1 is 1.15 bits per heavy atom. The molecule has 3 heterocycles. The van der Waals surface area contributed by atoms with E-state index in [1.807, 2.05) is 12.3 Å². The second-order valence-electron chi connectivity index (χ2n) is 7.71. The monoisotopic (exact) mass is 347 g/mol. The Morgan fingerprint density at radius 3 is 2.54 bits per heavy atom. The maximum Gasteiger partial charge on any atom is 0.366 e. The van der Waals surface area contributed by atoms with Crippen LogP contribution in [0.25, 0.3) is 5.57 Å². The second kappa shape index (κ2) is 5.62. The third-order valence-corrected chi connectivity index (χ3v) is 6.78. The largest absolute Gasteiger partial charge is 0.366 e. The van der Waals surface area contributed by atoms with Gasteiger partial charge in [0.25, 0.3) is 5.69 Å². The molecule has 2 aliphatic heterocycles. The van der Waals surface area contributed by atoms with E-state index in [1.54, 1.807) is 0 Å². The molecule has 0 saturated carbocycles. The van der Waals surface area contributed by atoms with E-state index >= 15 is 0 Å².